The largest absolute Gasteiger partial charge is 0.497 e. The van der Waals surface area contributed by atoms with Gasteiger partial charge < -0.3 is 15.8 Å². The summed E-state index contributed by atoms with van der Waals surface area (Å²) in [5.74, 6) is 1.15. The Morgan fingerprint density at radius 1 is 1.12 bits per heavy atom. The van der Waals surface area contributed by atoms with E-state index >= 15 is 0 Å². The van der Waals surface area contributed by atoms with Crippen LogP contribution in [0.2, 0.25) is 0 Å². The van der Waals surface area contributed by atoms with Gasteiger partial charge in [0.2, 0.25) is 0 Å². The number of guanidine groups is 1. The lowest BCUT2D eigenvalue weighted by Crippen LogP contribution is -2.22. The van der Waals surface area contributed by atoms with Crippen LogP contribution in [0.15, 0.2) is 65.8 Å². The van der Waals surface area contributed by atoms with Crippen LogP contribution < -0.4 is 15.8 Å². The van der Waals surface area contributed by atoms with Crippen molar-refractivity contribution in [1.82, 2.24) is 4.98 Å². The molecule has 3 rings (SSSR count). The fourth-order valence-electron chi connectivity index (χ4n) is 2.33. The highest BCUT2D eigenvalue weighted by Crippen LogP contribution is 2.17. The Bertz CT molecular complexity index is 829. The number of hydrogen-bond donors (Lipinski definition) is 2. The zero-order valence-electron chi connectivity index (χ0n) is 13.3. The first-order valence-electron chi connectivity index (χ1n) is 7.30. The smallest absolute Gasteiger partial charge is 0.193 e. The lowest BCUT2D eigenvalue weighted by Gasteiger charge is -2.07. The number of anilines is 1. The van der Waals surface area contributed by atoms with Crippen molar-refractivity contribution >= 4 is 46.4 Å². The van der Waals surface area contributed by atoms with Gasteiger partial charge in [-0.3, -0.25) is 4.98 Å². The number of hydrogen-bond acceptors (Lipinski definition) is 3. The van der Waals surface area contributed by atoms with E-state index in [-0.39, 0.29) is 24.0 Å². The fourth-order valence-corrected chi connectivity index (χ4v) is 2.33. The lowest BCUT2D eigenvalue weighted by atomic mass is 10.1. The zero-order chi connectivity index (χ0) is 16.1. The molecule has 2 aromatic carbocycles. The monoisotopic (exact) mass is 434 g/mol. The normalized spacial score (nSPS) is 11.0. The van der Waals surface area contributed by atoms with Crippen molar-refractivity contribution in [3.8, 4) is 5.75 Å². The summed E-state index contributed by atoms with van der Waals surface area (Å²) in [6.45, 7) is 0.427. The topological polar surface area (TPSA) is 72.5 Å². The second-order valence-corrected chi connectivity index (χ2v) is 5.03. The first-order valence-corrected chi connectivity index (χ1v) is 7.30. The van der Waals surface area contributed by atoms with Gasteiger partial charge in [0.25, 0.3) is 0 Å². The Morgan fingerprint density at radius 3 is 2.62 bits per heavy atom. The molecule has 0 aliphatic carbocycles. The van der Waals surface area contributed by atoms with Crippen molar-refractivity contribution in [3.05, 3.63) is 66.5 Å². The van der Waals surface area contributed by atoms with Crippen LogP contribution in [-0.4, -0.2) is 18.1 Å². The molecule has 24 heavy (non-hydrogen) atoms. The zero-order valence-corrected chi connectivity index (χ0v) is 15.6. The van der Waals surface area contributed by atoms with E-state index in [0.29, 0.717) is 12.5 Å². The van der Waals surface area contributed by atoms with Crippen molar-refractivity contribution in [2.24, 2.45) is 10.7 Å². The van der Waals surface area contributed by atoms with Crippen LogP contribution in [0.5, 0.6) is 5.75 Å². The van der Waals surface area contributed by atoms with E-state index in [4.69, 9.17) is 10.5 Å². The van der Waals surface area contributed by atoms with Crippen LogP contribution in [0, 0.1) is 0 Å². The second-order valence-electron chi connectivity index (χ2n) is 5.03. The van der Waals surface area contributed by atoms with Gasteiger partial charge in [-0.2, -0.15) is 0 Å². The van der Waals surface area contributed by atoms with Crippen LogP contribution in [0.4, 0.5) is 5.69 Å². The Balaban J connectivity index is 0.00000208. The van der Waals surface area contributed by atoms with Crippen molar-refractivity contribution in [1.29, 1.82) is 0 Å². The molecule has 0 unspecified atom stereocenters. The summed E-state index contributed by atoms with van der Waals surface area (Å²) in [6, 6.07) is 17.6. The highest BCUT2D eigenvalue weighted by atomic mass is 127. The molecule has 3 N–H and O–H groups in total. The van der Waals surface area contributed by atoms with E-state index in [9.17, 15) is 0 Å². The first kappa shape index (κ1) is 18.0. The molecule has 5 nitrogen and oxygen atoms in total. The first-order chi connectivity index (χ1) is 11.3. The van der Waals surface area contributed by atoms with Crippen molar-refractivity contribution in [3.63, 3.8) is 0 Å². The Kier molecular flexibility index (Phi) is 6.36. The molecule has 0 atom stereocenters. The molecule has 0 saturated heterocycles. The van der Waals surface area contributed by atoms with Crippen molar-refractivity contribution in [2.45, 2.75) is 6.54 Å². The number of aromatic nitrogens is 1. The summed E-state index contributed by atoms with van der Waals surface area (Å²) >= 11 is 0. The van der Waals surface area contributed by atoms with E-state index in [1.54, 1.807) is 13.3 Å². The van der Waals surface area contributed by atoms with Gasteiger partial charge >= 0.3 is 0 Å². The molecule has 0 radical (unpaired) electrons. The second kappa shape index (κ2) is 8.49. The lowest BCUT2D eigenvalue weighted by molar-refractivity contribution is 0.415. The van der Waals surface area contributed by atoms with Gasteiger partial charge in [-0.15, -0.1) is 24.0 Å². The summed E-state index contributed by atoms with van der Waals surface area (Å²) in [7, 11) is 1.63. The van der Waals surface area contributed by atoms with Crippen LogP contribution in [0.1, 0.15) is 5.69 Å². The van der Waals surface area contributed by atoms with Crippen LogP contribution in [-0.2, 0) is 6.54 Å². The molecule has 124 valence electrons. The Labute approximate surface area is 158 Å². The molecule has 3 aromatic rings. The summed E-state index contributed by atoms with van der Waals surface area (Å²) in [6.07, 6.45) is 1.79. The highest BCUT2D eigenvalue weighted by molar-refractivity contribution is 14.0. The molecule has 1 aromatic heterocycles. The summed E-state index contributed by atoms with van der Waals surface area (Å²) in [5.41, 5.74) is 7.71. The third-order valence-electron chi connectivity index (χ3n) is 3.52. The van der Waals surface area contributed by atoms with Gasteiger partial charge in [-0.05, 0) is 35.7 Å². The molecule has 0 amide bonds. The molecule has 0 spiro atoms. The van der Waals surface area contributed by atoms with Gasteiger partial charge in [-0.25, -0.2) is 4.99 Å². The quantitative estimate of drug-likeness (QED) is 0.373. The molecule has 0 fully saturated rings. The highest BCUT2D eigenvalue weighted by Gasteiger charge is 2.02. The number of methoxy groups -OCH3 is 1. The third-order valence-corrected chi connectivity index (χ3v) is 3.52. The third kappa shape index (κ3) is 4.35. The maximum absolute atomic E-state index is 5.95. The molecule has 0 aliphatic heterocycles. The summed E-state index contributed by atoms with van der Waals surface area (Å²) in [5, 5.41) is 5.30. The van der Waals surface area contributed by atoms with E-state index in [1.165, 1.54) is 0 Å². The van der Waals surface area contributed by atoms with E-state index in [2.05, 4.69) is 21.4 Å². The predicted octanol–water partition coefficient (Wildman–Crippen LogP) is 3.79. The van der Waals surface area contributed by atoms with Crippen molar-refractivity contribution in [2.75, 3.05) is 12.4 Å². The minimum Gasteiger partial charge on any atom is -0.497 e. The molecular formula is C18H19IN4O. The molecule has 0 bridgehead atoms. The van der Waals surface area contributed by atoms with Crippen LogP contribution in [0.3, 0.4) is 0 Å². The fraction of sp³-hybridized carbons (Fsp3) is 0.111. The maximum Gasteiger partial charge on any atom is 0.193 e. The van der Waals surface area contributed by atoms with Gasteiger partial charge in [-0.1, -0.05) is 24.3 Å². The SMILES string of the molecule is COc1ccc(NC(N)=NCc2nccc3ccccc23)cc1.I. The minimum absolute atomic E-state index is 0. The predicted molar refractivity (Wildman–Crippen MR) is 109 cm³/mol. The summed E-state index contributed by atoms with van der Waals surface area (Å²) < 4.78 is 5.12. The number of halogens is 1. The minimum atomic E-state index is 0. The van der Waals surface area contributed by atoms with E-state index in [0.717, 1.165) is 27.9 Å². The maximum atomic E-state index is 5.95. The van der Waals surface area contributed by atoms with E-state index < -0.39 is 0 Å². The molecule has 1 heterocycles. The molecule has 6 heteroatoms. The number of nitrogens with two attached hydrogens (primary N) is 1. The van der Waals surface area contributed by atoms with Crippen LogP contribution in [0.25, 0.3) is 10.8 Å². The van der Waals surface area contributed by atoms with Gasteiger partial charge in [0.1, 0.15) is 5.75 Å². The number of aliphatic imine (C=N–C) groups is 1. The number of rotatable bonds is 4. The average Bonchev–Trinajstić information content (AvgIpc) is 2.60. The number of nitrogens with one attached hydrogen (secondary N) is 1. The number of benzene rings is 2. The van der Waals surface area contributed by atoms with Gasteiger partial charge in [0.05, 0.1) is 19.3 Å². The van der Waals surface area contributed by atoms with Crippen molar-refractivity contribution < 1.29 is 4.74 Å². The number of nitrogens with zero attached hydrogens (tertiary/aromatic N) is 2. The summed E-state index contributed by atoms with van der Waals surface area (Å²) in [4.78, 5) is 8.77. The number of ether oxygens (including phenoxy) is 1. The number of fused-ring (bicyclic) bond motifs is 1. The molecule has 0 saturated carbocycles. The van der Waals surface area contributed by atoms with Gasteiger partial charge in [0.15, 0.2) is 5.96 Å². The van der Waals surface area contributed by atoms with E-state index in [1.807, 2.05) is 48.5 Å². The average molecular weight is 434 g/mol. The molecule has 0 aliphatic rings. The standard InChI is InChI=1S/C18H18N4O.HI/c1-23-15-8-6-14(7-9-15)22-18(19)21-12-17-16-5-3-2-4-13(16)10-11-20-17;/h2-11H,12H2,1H3,(H3,19,21,22);1H. The molecular weight excluding hydrogens is 415 g/mol. The Morgan fingerprint density at radius 2 is 1.88 bits per heavy atom. The van der Waals surface area contributed by atoms with Gasteiger partial charge in [0, 0.05) is 17.3 Å². The number of pyridine rings is 1. The Hall–Kier alpha value is -2.35. The van der Waals surface area contributed by atoms with Crippen LogP contribution >= 0.6 is 24.0 Å².